The van der Waals surface area contributed by atoms with Crippen molar-refractivity contribution in [1.29, 1.82) is 0 Å². The number of aryl methyl sites for hydroxylation is 2. The molecular weight excluding hydrogens is 639 g/mol. The van der Waals surface area contributed by atoms with Crippen LogP contribution in [0.15, 0.2) is 102 Å². The second-order valence-corrected chi connectivity index (χ2v) is 14.4. The molecule has 0 saturated heterocycles. The van der Waals surface area contributed by atoms with E-state index in [1.165, 1.54) is 32.4 Å². The Labute approximate surface area is 289 Å². The molecule has 0 radical (unpaired) electrons. The van der Waals surface area contributed by atoms with E-state index < -0.39 is 28.5 Å². The summed E-state index contributed by atoms with van der Waals surface area (Å²) in [5, 5.41) is 3.22. The monoisotopic (exact) mass is 683 g/mol. The molecule has 258 valence electrons. The van der Waals surface area contributed by atoms with E-state index in [-0.39, 0.29) is 35.6 Å². The fraction of sp³-hybridized carbons (Fsp3) is 0.333. The van der Waals surface area contributed by atoms with Crippen LogP contribution in [0, 0.1) is 13.8 Å². The van der Waals surface area contributed by atoms with Crippen LogP contribution >= 0.6 is 0 Å². The summed E-state index contributed by atoms with van der Waals surface area (Å²) in [4.78, 5) is 30.5. The standard InChI is InChI=1S/C39H45N3O6S/c1-28-18-20-33(21-19-28)42(49(45,46)34-22-23-36(47-3)37(25-34)48-4)27-38(43)41(26-31-15-9-8-12-29(31)2)35(24-30-13-6-5-7-14-30)39(44)40-32-16-10-11-17-32/h5-9,12-15,18-23,25,32,35H,10-11,16-17,24,26-27H2,1-4H3,(H,40,44)/t35-/m1/s1. The summed E-state index contributed by atoms with van der Waals surface area (Å²) < 4.78 is 40.8. The minimum absolute atomic E-state index is 0.0377. The number of ether oxygens (including phenoxy) is 2. The molecule has 0 unspecified atom stereocenters. The van der Waals surface area contributed by atoms with Gasteiger partial charge < -0.3 is 19.7 Å². The van der Waals surface area contributed by atoms with Crippen LogP contribution in [-0.2, 0) is 32.6 Å². The summed E-state index contributed by atoms with van der Waals surface area (Å²) in [6, 6.07) is 27.8. The quantitative estimate of drug-likeness (QED) is 0.169. The summed E-state index contributed by atoms with van der Waals surface area (Å²) in [5.41, 5.74) is 3.98. The average Bonchev–Trinajstić information content (AvgIpc) is 3.63. The molecule has 1 atom stereocenters. The van der Waals surface area contributed by atoms with Crippen LogP contribution in [0.4, 0.5) is 5.69 Å². The summed E-state index contributed by atoms with van der Waals surface area (Å²) in [5.74, 6) is -0.134. The lowest BCUT2D eigenvalue weighted by molar-refractivity contribution is -0.140. The molecule has 5 rings (SSSR count). The number of nitrogens with one attached hydrogen (secondary N) is 1. The summed E-state index contributed by atoms with van der Waals surface area (Å²) >= 11 is 0. The van der Waals surface area contributed by atoms with Gasteiger partial charge >= 0.3 is 0 Å². The van der Waals surface area contributed by atoms with Gasteiger partial charge in [0.05, 0.1) is 24.8 Å². The molecule has 9 nitrogen and oxygen atoms in total. The van der Waals surface area contributed by atoms with Crippen molar-refractivity contribution < 1.29 is 27.5 Å². The number of amides is 2. The number of rotatable bonds is 14. The van der Waals surface area contributed by atoms with Crippen molar-refractivity contribution in [2.45, 2.75) is 69.5 Å². The van der Waals surface area contributed by atoms with Crippen molar-refractivity contribution in [2.24, 2.45) is 0 Å². The lowest BCUT2D eigenvalue weighted by Crippen LogP contribution is -2.54. The van der Waals surface area contributed by atoms with Crippen molar-refractivity contribution in [3.05, 3.63) is 119 Å². The van der Waals surface area contributed by atoms with Gasteiger partial charge in [0, 0.05) is 25.1 Å². The Morgan fingerprint density at radius 1 is 0.837 bits per heavy atom. The number of hydrogen-bond donors (Lipinski definition) is 1. The molecule has 4 aromatic carbocycles. The van der Waals surface area contributed by atoms with Crippen molar-refractivity contribution >= 4 is 27.5 Å². The molecule has 49 heavy (non-hydrogen) atoms. The molecule has 1 N–H and O–H groups in total. The number of carbonyl (C=O) groups excluding carboxylic acids is 2. The fourth-order valence-corrected chi connectivity index (χ4v) is 7.67. The second-order valence-electron chi connectivity index (χ2n) is 12.5. The van der Waals surface area contributed by atoms with Crippen molar-refractivity contribution in [2.75, 3.05) is 25.1 Å². The maximum atomic E-state index is 14.8. The van der Waals surface area contributed by atoms with Crippen LogP contribution in [0.3, 0.4) is 0 Å². The first-order chi connectivity index (χ1) is 23.6. The van der Waals surface area contributed by atoms with Crippen LogP contribution in [0.2, 0.25) is 0 Å². The Hall–Kier alpha value is -4.83. The number of sulfonamides is 1. The zero-order valence-electron chi connectivity index (χ0n) is 28.6. The van der Waals surface area contributed by atoms with E-state index in [1.54, 1.807) is 29.2 Å². The summed E-state index contributed by atoms with van der Waals surface area (Å²) in [7, 11) is -1.40. The highest BCUT2D eigenvalue weighted by Crippen LogP contribution is 2.33. The van der Waals surface area contributed by atoms with Gasteiger partial charge in [-0.05, 0) is 67.6 Å². The molecule has 0 heterocycles. The molecule has 0 spiro atoms. The minimum atomic E-state index is -4.31. The first-order valence-corrected chi connectivity index (χ1v) is 18.0. The van der Waals surface area contributed by atoms with Crippen LogP contribution in [0.5, 0.6) is 11.5 Å². The predicted molar refractivity (Wildman–Crippen MR) is 191 cm³/mol. The van der Waals surface area contributed by atoms with Gasteiger partial charge in [-0.3, -0.25) is 13.9 Å². The number of benzene rings is 4. The van der Waals surface area contributed by atoms with Crippen molar-refractivity contribution in [3.63, 3.8) is 0 Å². The smallest absolute Gasteiger partial charge is 0.264 e. The van der Waals surface area contributed by atoms with Gasteiger partial charge in [-0.25, -0.2) is 8.42 Å². The molecule has 1 aliphatic carbocycles. The largest absolute Gasteiger partial charge is 0.493 e. The van der Waals surface area contributed by atoms with Crippen LogP contribution in [-0.4, -0.2) is 58.0 Å². The Kier molecular flexibility index (Phi) is 11.6. The Morgan fingerprint density at radius 2 is 1.49 bits per heavy atom. The molecular formula is C39H45N3O6S. The first kappa shape index (κ1) is 35.5. The molecule has 4 aromatic rings. The highest BCUT2D eigenvalue weighted by atomic mass is 32.2. The van der Waals surface area contributed by atoms with E-state index in [9.17, 15) is 18.0 Å². The predicted octanol–water partition coefficient (Wildman–Crippen LogP) is 6.21. The average molecular weight is 684 g/mol. The van der Waals surface area contributed by atoms with Crippen LogP contribution in [0.1, 0.15) is 47.9 Å². The van der Waals surface area contributed by atoms with Gasteiger partial charge in [0.1, 0.15) is 12.6 Å². The second kappa shape index (κ2) is 16.0. The van der Waals surface area contributed by atoms with E-state index in [2.05, 4.69) is 5.32 Å². The number of anilines is 1. The minimum Gasteiger partial charge on any atom is -0.493 e. The summed E-state index contributed by atoms with van der Waals surface area (Å²) in [6.45, 7) is 3.46. The van der Waals surface area contributed by atoms with Gasteiger partial charge in [0.2, 0.25) is 11.8 Å². The van der Waals surface area contributed by atoms with E-state index in [4.69, 9.17) is 9.47 Å². The molecule has 1 fully saturated rings. The molecule has 1 aliphatic rings. The van der Waals surface area contributed by atoms with Crippen LogP contribution in [0.25, 0.3) is 0 Å². The Bertz CT molecular complexity index is 1840. The number of methoxy groups -OCH3 is 2. The summed E-state index contributed by atoms with van der Waals surface area (Å²) in [6.07, 6.45) is 4.13. The van der Waals surface area contributed by atoms with E-state index in [1.807, 2.05) is 68.4 Å². The van der Waals surface area contributed by atoms with Gasteiger partial charge in [-0.1, -0.05) is 85.1 Å². The third kappa shape index (κ3) is 8.61. The third-order valence-corrected chi connectivity index (χ3v) is 10.9. The van der Waals surface area contributed by atoms with Crippen molar-refractivity contribution in [1.82, 2.24) is 10.2 Å². The van der Waals surface area contributed by atoms with Gasteiger partial charge in [-0.15, -0.1) is 0 Å². The number of carbonyl (C=O) groups is 2. The fourth-order valence-electron chi connectivity index (χ4n) is 6.24. The zero-order valence-corrected chi connectivity index (χ0v) is 29.4. The highest BCUT2D eigenvalue weighted by Gasteiger charge is 2.36. The molecule has 0 aromatic heterocycles. The first-order valence-electron chi connectivity index (χ1n) is 16.6. The topological polar surface area (TPSA) is 105 Å². The maximum Gasteiger partial charge on any atom is 0.264 e. The van der Waals surface area contributed by atoms with E-state index in [0.717, 1.165) is 52.2 Å². The highest BCUT2D eigenvalue weighted by molar-refractivity contribution is 7.92. The molecule has 10 heteroatoms. The van der Waals surface area contributed by atoms with E-state index in [0.29, 0.717) is 11.4 Å². The Balaban J connectivity index is 1.59. The van der Waals surface area contributed by atoms with Crippen LogP contribution < -0.4 is 19.1 Å². The third-order valence-electron chi connectivity index (χ3n) is 9.12. The van der Waals surface area contributed by atoms with E-state index >= 15 is 0 Å². The molecule has 0 aliphatic heterocycles. The van der Waals surface area contributed by atoms with Crippen molar-refractivity contribution in [3.8, 4) is 11.5 Å². The number of hydrogen-bond acceptors (Lipinski definition) is 6. The zero-order chi connectivity index (χ0) is 35.0. The molecule has 2 amide bonds. The maximum absolute atomic E-state index is 14.8. The normalized spacial score (nSPS) is 13.8. The molecule has 1 saturated carbocycles. The lowest BCUT2D eigenvalue weighted by atomic mass is 10.0. The number of nitrogens with zero attached hydrogens (tertiary/aromatic N) is 2. The lowest BCUT2D eigenvalue weighted by Gasteiger charge is -2.34. The Morgan fingerprint density at radius 3 is 2.14 bits per heavy atom. The molecule has 0 bridgehead atoms. The van der Waals surface area contributed by atoms with Gasteiger partial charge in [0.15, 0.2) is 11.5 Å². The SMILES string of the molecule is COc1ccc(S(=O)(=O)N(CC(=O)N(Cc2ccccc2C)[C@H](Cc2ccccc2)C(=O)NC2CCCC2)c2ccc(C)cc2)cc1OC. The van der Waals surface area contributed by atoms with Gasteiger partial charge in [-0.2, -0.15) is 0 Å². The van der Waals surface area contributed by atoms with Gasteiger partial charge in [0.25, 0.3) is 10.0 Å².